The second-order valence-corrected chi connectivity index (χ2v) is 11.9. The summed E-state index contributed by atoms with van der Waals surface area (Å²) in [7, 11) is -2.20. The lowest BCUT2D eigenvalue weighted by molar-refractivity contribution is -0.122. The molecule has 1 fully saturated rings. The first-order valence-corrected chi connectivity index (χ1v) is 14.5. The fourth-order valence-corrected chi connectivity index (χ4v) is 6.89. The van der Waals surface area contributed by atoms with E-state index in [1.807, 2.05) is 29.0 Å². The third-order valence-corrected chi connectivity index (χ3v) is 9.33. The SMILES string of the molecule is COc1ccc2sc(=NC(=O)C3CCCN(S(=O)(=O)c4ccc(F)cc4)C3)n(CCSC)c2c1. The van der Waals surface area contributed by atoms with Crippen LogP contribution in [-0.2, 0) is 21.4 Å². The molecule has 11 heteroatoms. The molecular formula is C23H26FN3O4S3. The van der Waals surface area contributed by atoms with Crippen molar-refractivity contribution in [2.75, 3.05) is 32.2 Å². The van der Waals surface area contributed by atoms with Gasteiger partial charge in [0.1, 0.15) is 11.6 Å². The Morgan fingerprint density at radius 2 is 2.03 bits per heavy atom. The van der Waals surface area contributed by atoms with Crippen LogP contribution in [0.4, 0.5) is 4.39 Å². The highest BCUT2D eigenvalue weighted by molar-refractivity contribution is 7.98. The third kappa shape index (κ3) is 5.22. The molecule has 0 bridgehead atoms. The molecule has 4 rings (SSSR count). The molecule has 1 aliphatic heterocycles. The van der Waals surface area contributed by atoms with Gasteiger partial charge in [0, 0.05) is 31.5 Å². The van der Waals surface area contributed by atoms with Crippen LogP contribution in [-0.4, -0.2) is 55.4 Å². The van der Waals surface area contributed by atoms with Crippen molar-refractivity contribution in [1.82, 2.24) is 8.87 Å². The number of aromatic nitrogens is 1. The number of hydrogen-bond acceptors (Lipinski definition) is 6. The molecule has 1 unspecified atom stereocenters. The van der Waals surface area contributed by atoms with Gasteiger partial charge in [0.05, 0.1) is 28.1 Å². The average molecular weight is 524 g/mol. The van der Waals surface area contributed by atoms with Gasteiger partial charge in [-0.25, -0.2) is 12.8 Å². The van der Waals surface area contributed by atoms with Crippen LogP contribution in [0.2, 0.25) is 0 Å². The Bertz CT molecular complexity index is 1350. The molecule has 7 nitrogen and oxygen atoms in total. The van der Waals surface area contributed by atoms with Crippen molar-refractivity contribution < 1.29 is 22.3 Å². The summed E-state index contributed by atoms with van der Waals surface area (Å²) in [5.74, 6) is 0.237. The summed E-state index contributed by atoms with van der Waals surface area (Å²) < 4.78 is 49.0. The molecule has 0 radical (unpaired) electrons. The van der Waals surface area contributed by atoms with E-state index in [9.17, 15) is 17.6 Å². The van der Waals surface area contributed by atoms with E-state index < -0.39 is 21.8 Å². The molecule has 1 atom stereocenters. The molecule has 3 aromatic rings. The Hall–Kier alpha value is -2.21. The Kier molecular flexibility index (Phi) is 7.76. The van der Waals surface area contributed by atoms with Crippen LogP contribution < -0.4 is 9.54 Å². The van der Waals surface area contributed by atoms with Crippen LogP contribution >= 0.6 is 23.1 Å². The van der Waals surface area contributed by atoms with E-state index in [4.69, 9.17) is 4.74 Å². The summed E-state index contributed by atoms with van der Waals surface area (Å²) in [4.78, 5) is 18.2. The molecule has 1 saturated heterocycles. The van der Waals surface area contributed by atoms with Crippen LogP contribution in [0, 0.1) is 11.7 Å². The fraction of sp³-hybridized carbons (Fsp3) is 0.391. The number of piperidine rings is 1. The third-order valence-electron chi connectivity index (χ3n) is 5.80. The van der Waals surface area contributed by atoms with Crippen molar-refractivity contribution in [1.29, 1.82) is 0 Å². The van der Waals surface area contributed by atoms with Crippen LogP contribution in [0.3, 0.4) is 0 Å². The summed E-state index contributed by atoms with van der Waals surface area (Å²) in [5, 5.41) is 0. The van der Waals surface area contributed by atoms with Crippen molar-refractivity contribution in [3.63, 3.8) is 0 Å². The molecule has 1 aliphatic rings. The van der Waals surface area contributed by atoms with Gasteiger partial charge in [-0.3, -0.25) is 4.79 Å². The number of nitrogens with zero attached hydrogens (tertiary/aromatic N) is 3. The zero-order valence-corrected chi connectivity index (χ0v) is 21.4. The van der Waals surface area contributed by atoms with E-state index >= 15 is 0 Å². The summed E-state index contributed by atoms with van der Waals surface area (Å²) in [5.41, 5.74) is 0.953. The number of aryl methyl sites for hydroxylation is 1. The smallest absolute Gasteiger partial charge is 0.252 e. The number of fused-ring (bicyclic) bond motifs is 1. The number of thiazole rings is 1. The number of carbonyl (C=O) groups is 1. The van der Waals surface area contributed by atoms with Gasteiger partial charge >= 0.3 is 0 Å². The first kappa shape index (κ1) is 24.9. The maximum atomic E-state index is 13.2. The van der Waals surface area contributed by atoms with E-state index in [2.05, 4.69) is 4.99 Å². The predicted octanol–water partition coefficient (Wildman–Crippen LogP) is 3.74. The summed E-state index contributed by atoms with van der Waals surface area (Å²) in [6.07, 6.45) is 3.15. The zero-order valence-electron chi connectivity index (χ0n) is 18.9. The van der Waals surface area contributed by atoms with Gasteiger partial charge in [-0.2, -0.15) is 21.1 Å². The largest absolute Gasteiger partial charge is 0.497 e. The van der Waals surface area contributed by atoms with Crippen LogP contribution in [0.25, 0.3) is 10.2 Å². The van der Waals surface area contributed by atoms with Crippen molar-refractivity contribution in [2.45, 2.75) is 24.3 Å². The minimum absolute atomic E-state index is 0.0206. The lowest BCUT2D eigenvalue weighted by Gasteiger charge is -2.30. The molecule has 1 amide bonds. The van der Waals surface area contributed by atoms with E-state index in [1.165, 1.54) is 27.8 Å². The standard InChI is InChI=1S/C23H26FN3O4S3/c1-31-18-7-10-21-20(14-18)27(12-13-32-2)23(33-21)25-22(28)16-4-3-11-26(15-16)34(29,30)19-8-5-17(24)6-9-19/h5-10,14,16H,3-4,11-13,15H2,1-2H3. The van der Waals surface area contributed by atoms with E-state index in [0.29, 0.717) is 30.7 Å². The molecule has 34 heavy (non-hydrogen) atoms. The van der Waals surface area contributed by atoms with Crippen LogP contribution in [0.1, 0.15) is 12.8 Å². The van der Waals surface area contributed by atoms with Gasteiger partial charge in [0.2, 0.25) is 10.0 Å². The van der Waals surface area contributed by atoms with Crippen molar-refractivity contribution in [2.24, 2.45) is 10.9 Å². The minimum Gasteiger partial charge on any atom is -0.497 e. The second kappa shape index (κ2) is 10.6. The lowest BCUT2D eigenvalue weighted by Crippen LogP contribution is -2.42. The van der Waals surface area contributed by atoms with Gasteiger partial charge in [-0.05, 0) is 55.5 Å². The number of hydrogen-bond donors (Lipinski definition) is 0. The number of methoxy groups -OCH3 is 1. The minimum atomic E-state index is -3.81. The highest BCUT2D eigenvalue weighted by Gasteiger charge is 2.33. The highest BCUT2D eigenvalue weighted by Crippen LogP contribution is 2.26. The first-order valence-electron chi connectivity index (χ1n) is 10.8. The number of sulfonamides is 1. The Balaban J connectivity index is 1.62. The summed E-state index contributed by atoms with van der Waals surface area (Å²) in [6, 6.07) is 10.5. The van der Waals surface area contributed by atoms with Gasteiger partial charge in [0.25, 0.3) is 5.91 Å². The normalized spacial score (nSPS) is 17.9. The van der Waals surface area contributed by atoms with E-state index in [-0.39, 0.29) is 17.3 Å². The summed E-state index contributed by atoms with van der Waals surface area (Å²) >= 11 is 3.14. The first-order chi connectivity index (χ1) is 16.3. The lowest BCUT2D eigenvalue weighted by atomic mass is 9.99. The highest BCUT2D eigenvalue weighted by atomic mass is 32.2. The number of amides is 1. The fourth-order valence-electron chi connectivity index (χ4n) is 3.96. The quantitative estimate of drug-likeness (QED) is 0.471. The van der Waals surface area contributed by atoms with Crippen LogP contribution in [0.5, 0.6) is 5.75 Å². The zero-order chi connectivity index (χ0) is 24.3. The number of thioether (sulfide) groups is 1. The number of carbonyl (C=O) groups excluding carboxylic acids is 1. The molecule has 0 spiro atoms. The van der Waals surface area contributed by atoms with Crippen molar-refractivity contribution in [3.05, 3.63) is 53.1 Å². The molecule has 1 aromatic heterocycles. The van der Waals surface area contributed by atoms with Crippen molar-refractivity contribution >= 4 is 49.2 Å². The average Bonchev–Trinajstić information content (AvgIpc) is 3.18. The van der Waals surface area contributed by atoms with Gasteiger partial charge in [-0.15, -0.1) is 0 Å². The van der Waals surface area contributed by atoms with Gasteiger partial charge in [-0.1, -0.05) is 11.3 Å². The molecule has 2 heterocycles. The molecule has 0 aliphatic carbocycles. The second-order valence-electron chi connectivity index (χ2n) is 7.97. The maximum Gasteiger partial charge on any atom is 0.252 e. The number of halogens is 1. The van der Waals surface area contributed by atoms with Gasteiger partial charge in [0.15, 0.2) is 4.80 Å². The monoisotopic (exact) mass is 523 g/mol. The van der Waals surface area contributed by atoms with Crippen LogP contribution in [0.15, 0.2) is 52.4 Å². The topological polar surface area (TPSA) is 81.0 Å². The number of benzene rings is 2. The predicted molar refractivity (Wildman–Crippen MR) is 133 cm³/mol. The van der Waals surface area contributed by atoms with E-state index in [0.717, 1.165) is 33.9 Å². The van der Waals surface area contributed by atoms with Gasteiger partial charge < -0.3 is 9.30 Å². The molecule has 182 valence electrons. The molecule has 0 saturated carbocycles. The number of rotatable bonds is 7. The molecule has 2 aromatic carbocycles. The Labute approximate surface area is 206 Å². The Morgan fingerprint density at radius 1 is 1.26 bits per heavy atom. The molecule has 0 N–H and O–H groups in total. The van der Waals surface area contributed by atoms with E-state index in [1.54, 1.807) is 18.9 Å². The summed E-state index contributed by atoms with van der Waals surface area (Å²) in [6.45, 7) is 1.07. The Morgan fingerprint density at radius 3 is 2.74 bits per heavy atom. The van der Waals surface area contributed by atoms with Crippen molar-refractivity contribution in [3.8, 4) is 5.75 Å². The molecular weight excluding hydrogens is 497 g/mol. The number of ether oxygens (including phenoxy) is 1. The maximum absolute atomic E-state index is 13.2.